The Bertz CT molecular complexity index is 351. The number of halogens is 2. The second kappa shape index (κ2) is 11.6. The molecule has 1 aromatic carbocycles. The van der Waals surface area contributed by atoms with E-state index in [2.05, 4.69) is 47.1 Å². The molecule has 0 aliphatic carbocycles. The van der Waals surface area contributed by atoms with Crippen LogP contribution < -0.4 is 0 Å². The SMILES string of the molecule is CCCCCCCCCCC(CCl)c1cccc(Br)c1. The molecule has 0 radical (unpaired) electrons. The summed E-state index contributed by atoms with van der Waals surface area (Å²) in [5, 5.41) is 0. The van der Waals surface area contributed by atoms with Gasteiger partial charge < -0.3 is 0 Å². The highest BCUT2D eigenvalue weighted by atomic mass is 79.9. The van der Waals surface area contributed by atoms with Crippen molar-refractivity contribution >= 4 is 27.5 Å². The summed E-state index contributed by atoms with van der Waals surface area (Å²) >= 11 is 9.68. The molecule has 1 atom stereocenters. The minimum absolute atomic E-state index is 0.509. The van der Waals surface area contributed by atoms with Crippen LogP contribution in [0.3, 0.4) is 0 Å². The molecule has 0 amide bonds. The van der Waals surface area contributed by atoms with Gasteiger partial charge in [0.05, 0.1) is 0 Å². The predicted octanol–water partition coefficient (Wildman–Crippen LogP) is 7.30. The minimum Gasteiger partial charge on any atom is -0.126 e. The fourth-order valence-corrected chi connectivity index (χ4v) is 3.37. The zero-order valence-corrected chi connectivity index (χ0v) is 15.1. The van der Waals surface area contributed by atoms with E-state index in [0.717, 1.165) is 10.4 Å². The Hall–Kier alpha value is -0.0100. The van der Waals surface area contributed by atoms with Crippen LogP contribution in [-0.2, 0) is 0 Å². The molecule has 0 bridgehead atoms. The summed E-state index contributed by atoms with van der Waals surface area (Å²) in [5.41, 5.74) is 1.37. The molecule has 0 N–H and O–H groups in total. The first-order valence-electron chi connectivity index (χ1n) is 8.09. The van der Waals surface area contributed by atoms with Gasteiger partial charge in [0, 0.05) is 10.4 Å². The van der Waals surface area contributed by atoms with Crippen LogP contribution in [0.25, 0.3) is 0 Å². The number of benzene rings is 1. The highest BCUT2D eigenvalue weighted by Gasteiger charge is 2.10. The van der Waals surface area contributed by atoms with E-state index in [0.29, 0.717) is 5.92 Å². The van der Waals surface area contributed by atoms with E-state index >= 15 is 0 Å². The molecule has 1 aromatic rings. The topological polar surface area (TPSA) is 0 Å². The van der Waals surface area contributed by atoms with Crippen molar-refractivity contribution < 1.29 is 0 Å². The molecular formula is C18H28BrCl. The number of rotatable bonds is 11. The van der Waals surface area contributed by atoms with Gasteiger partial charge in [0.2, 0.25) is 0 Å². The summed E-state index contributed by atoms with van der Waals surface area (Å²) in [6, 6.07) is 8.58. The molecule has 1 unspecified atom stereocenters. The fourth-order valence-electron chi connectivity index (χ4n) is 2.62. The largest absolute Gasteiger partial charge is 0.126 e. The molecule has 0 saturated carbocycles. The monoisotopic (exact) mass is 358 g/mol. The first-order valence-corrected chi connectivity index (χ1v) is 9.42. The Labute approximate surface area is 138 Å². The molecule has 0 saturated heterocycles. The third-order valence-corrected chi connectivity index (χ3v) is 4.78. The van der Waals surface area contributed by atoms with Gasteiger partial charge in [-0.25, -0.2) is 0 Å². The Balaban J connectivity index is 2.16. The molecule has 1 rings (SSSR count). The Kier molecular flexibility index (Phi) is 10.5. The van der Waals surface area contributed by atoms with Crippen molar-refractivity contribution in [1.29, 1.82) is 0 Å². The van der Waals surface area contributed by atoms with Crippen molar-refractivity contribution in [3.05, 3.63) is 34.3 Å². The second-order valence-electron chi connectivity index (χ2n) is 5.67. The normalized spacial score (nSPS) is 12.6. The number of unbranched alkanes of at least 4 members (excludes halogenated alkanes) is 7. The van der Waals surface area contributed by atoms with Gasteiger partial charge in [-0.2, -0.15) is 0 Å². The number of alkyl halides is 1. The summed E-state index contributed by atoms with van der Waals surface area (Å²) in [7, 11) is 0. The van der Waals surface area contributed by atoms with Gasteiger partial charge in [0.1, 0.15) is 0 Å². The Morgan fingerprint density at radius 1 is 1.00 bits per heavy atom. The summed E-state index contributed by atoms with van der Waals surface area (Å²) in [6.45, 7) is 2.27. The fraction of sp³-hybridized carbons (Fsp3) is 0.667. The predicted molar refractivity (Wildman–Crippen MR) is 94.8 cm³/mol. The summed E-state index contributed by atoms with van der Waals surface area (Å²) < 4.78 is 1.15. The molecule has 0 fully saturated rings. The molecule has 0 aliphatic rings. The molecule has 0 aliphatic heterocycles. The molecule has 0 aromatic heterocycles. The lowest BCUT2D eigenvalue weighted by Crippen LogP contribution is -2.00. The van der Waals surface area contributed by atoms with Gasteiger partial charge >= 0.3 is 0 Å². The summed E-state index contributed by atoms with van der Waals surface area (Å²) in [5.74, 6) is 1.24. The average molecular weight is 360 g/mol. The maximum Gasteiger partial charge on any atom is 0.0292 e. The highest BCUT2D eigenvalue weighted by molar-refractivity contribution is 9.10. The van der Waals surface area contributed by atoms with Gasteiger partial charge in [0.15, 0.2) is 0 Å². The van der Waals surface area contributed by atoms with Crippen LogP contribution in [0, 0.1) is 0 Å². The lowest BCUT2D eigenvalue weighted by atomic mass is 9.94. The zero-order valence-electron chi connectivity index (χ0n) is 12.7. The van der Waals surface area contributed by atoms with Gasteiger partial charge in [-0.05, 0) is 30.0 Å². The highest BCUT2D eigenvalue weighted by Crippen LogP contribution is 2.26. The van der Waals surface area contributed by atoms with E-state index in [9.17, 15) is 0 Å². The van der Waals surface area contributed by atoms with E-state index in [1.54, 1.807) is 0 Å². The van der Waals surface area contributed by atoms with Crippen molar-refractivity contribution in [1.82, 2.24) is 0 Å². The molecule has 20 heavy (non-hydrogen) atoms. The molecule has 0 nitrogen and oxygen atoms in total. The molecule has 0 heterocycles. The van der Waals surface area contributed by atoms with Crippen LogP contribution in [0.15, 0.2) is 28.7 Å². The third kappa shape index (κ3) is 7.69. The summed E-state index contributed by atoms with van der Waals surface area (Å²) in [4.78, 5) is 0. The van der Waals surface area contributed by atoms with Crippen molar-refractivity contribution in [2.24, 2.45) is 0 Å². The van der Waals surface area contributed by atoms with E-state index in [1.807, 2.05) is 0 Å². The van der Waals surface area contributed by atoms with E-state index in [-0.39, 0.29) is 0 Å². The number of hydrogen-bond acceptors (Lipinski definition) is 0. The Morgan fingerprint density at radius 2 is 1.65 bits per heavy atom. The smallest absolute Gasteiger partial charge is 0.0292 e. The standard InChI is InChI=1S/C18H28BrCl/c1-2-3-4-5-6-7-8-9-11-17(15-20)16-12-10-13-18(19)14-16/h10,12-14,17H,2-9,11,15H2,1H3. The van der Waals surface area contributed by atoms with Crippen molar-refractivity contribution in [3.63, 3.8) is 0 Å². The van der Waals surface area contributed by atoms with E-state index in [1.165, 1.54) is 63.4 Å². The zero-order chi connectivity index (χ0) is 14.6. The van der Waals surface area contributed by atoms with Gasteiger partial charge in [-0.15, -0.1) is 11.6 Å². The van der Waals surface area contributed by atoms with Crippen molar-refractivity contribution in [3.8, 4) is 0 Å². The Morgan fingerprint density at radius 3 is 2.25 bits per heavy atom. The molecular weight excluding hydrogens is 332 g/mol. The lowest BCUT2D eigenvalue weighted by Gasteiger charge is -2.14. The van der Waals surface area contributed by atoms with Crippen LogP contribution in [0.2, 0.25) is 0 Å². The lowest BCUT2D eigenvalue weighted by molar-refractivity contribution is 0.545. The molecule has 114 valence electrons. The average Bonchev–Trinajstić information content (AvgIpc) is 2.46. The van der Waals surface area contributed by atoms with Crippen molar-refractivity contribution in [2.75, 3.05) is 5.88 Å². The van der Waals surface area contributed by atoms with E-state index in [4.69, 9.17) is 11.6 Å². The van der Waals surface area contributed by atoms with Gasteiger partial charge in [0.25, 0.3) is 0 Å². The van der Waals surface area contributed by atoms with Crippen LogP contribution in [0.5, 0.6) is 0 Å². The third-order valence-electron chi connectivity index (χ3n) is 3.91. The maximum atomic E-state index is 6.14. The van der Waals surface area contributed by atoms with Crippen LogP contribution >= 0.6 is 27.5 Å². The van der Waals surface area contributed by atoms with E-state index < -0.39 is 0 Å². The van der Waals surface area contributed by atoms with Gasteiger partial charge in [-0.3, -0.25) is 0 Å². The number of hydrogen-bond donors (Lipinski definition) is 0. The molecule has 2 heteroatoms. The van der Waals surface area contributed by atoms with Crippen LogP contribution in [0.4, 0.5) is 0 Å². The first-order chi connectivity index (χ1) is 9.77. The van der Waals surface area contributed by atoms with Crippen molar-refractivity contribution in [2.45, 2.75) is 70.6 Å². The van der Waals surface area contributed by atoms with Crippen LogP contribution in [0.1, 0.15) is 76.2 Å². The maximum absolute atomic E-state index is 6.14. The second-order valence-corrected chi connectivity index (χ2v) is 6.89. The molecule has 0 spiro atoms. The first kappa shape index (κ1) is 18.0. The van der Waals surface area contributed by atoms with Gasteiger partial charge in [-0.1, -0.05) is 86.4 Å². The van der Waals surface area contributed by atoms with Crippen LogP contribution in [-0.4, -0.2) is 5.88 Å². The minimum atomic E-state index is 0.509. The quantitative estimate of drug-likeness (QED) is 0.287. The summed E-state index contributed by atoms with van der Waals surface area (Å²) in [6.07, 6.45) is 12.2.